The number of halogens is 7. The number of nitrogens with zero attached hydrogens (tertiary/aromatic N) is 2. The van der Waals surface area contributed by atoms with Gasteiger partial charge in [0.15, 0.2) is 11.0 Å². The fraction of sp³-hybridized carbons (Fsp3) is 0.200. The van der Waals surface area contributed by atoms with Gasteiger partial charge in [-0.15, -0.1) is 0 Å². The van der Waals surface area contributed by atoms with Crippen molar-refractivity contribution in [3.8, 4) is 11.4 Å². The number of hydrogen-bond donors (Lipinski definition) is 1. The fourth-order valence-electron chi connectivity index (χ4n) is 2.46. The predicted octanol–water partition coefficient (Wildman–Crippen LogP) is 4.75. The Kier molecular flexibility index (Phi) is 3.94. The molecule has 0 unspecified atom stereocenters. The van der Waals surface area contributed by atoms with Crippen LogP contribution in [0.1, 0.15) is 11.3 Å². The molecule has 0 saturated carbocycles. The highest BCUT2D eigenvalue weighted by Crippen LogP contribution is 2.37. The largest absolute Gasteiger partial charge is 0.433 e. The van der Waals surface area contributed by atoms with Crippen LogP contribution in [0.2, 0.25) is 5.02 Å². The van der Waals surface area contributed by atoms with Crippen LogP contribution < -0.4 is 4.57 Å². The van der Waals surface area contributed by atoms with Gasteiger partial charge in [0.2, 0.25) is 0 Å². The average molecular weight is 381 g/mol. The molecule has 3 rings (SSSR count). The van der Waals surface area contributed by atoms with Gasteiger partial charge < -0.3 is 0 Å². The Hall–Kier alpha value is -2.29. The van der Waals surface area contributed by atoms with E-state index in [0.29, 0.717) is 11.3 Å². The first-order valence-electron chi connectivity index (χ1n) is 6.80. The molecule has 132 valence electrons. The number of pyridine rings is 1. The second kappa shape index (κ2) is 5.62. The molecule has 0 fully saturated rings. The number of rotatable bonds is 1. The zero-order chi connectivity index (χ0) is 18.6. The lowest BCUT2D eigenvalue weighted by atomic mass is 10.2. The third-order valence-electron chi connectivity index (χ3n) is 3.67. The Bertz CT molecular complexity index is 941. The van der Waals surface area contributed by atoms with Crippen molar-refractivity contribution in [1.82, 2.24) is 9.97 Å². The van der Waals surface area contributed by atoms with E-state index in [9.17, 15) is 26.3 Å². The topological polar surface area (TPSA) is 32.6 Å². The van der Waals surface area contributed by atoms with Crippen LogP contribution in [0.4, 0.5) is 26.3 Å². The van der Waals surface area contributed by atoms with Gasteiger partial charge in [0.1, 0.15) is 5.69 Å². The number of benzene rings is 1. The predicted molar refractivity (Wildman–Crippen MR) is 77.7 cm³/mol. The van der Waals surface area contributed by atoms with E-state index in [-0.39, 0.29) is 11.1 Å². The minimum absolute atomic E-state index is 0.201. The molecule has 0 spiro atoms. The van der Waals surface area contributed by atoms with E-state index >= 15 is 0 Å². The summed E-state index contributed by atoms with van der Waals surface area (Å²) in [6.07, 6.45) is -8.19. The van der Waals surface area contributed by atoms with Gasteiger partial charge >= 0.3 is 12.4 Å². The Balaban J connectivity index is 2.13. The van der Waals surface area contributed by atoms with Crippen molar-refractivity contribution < 1.29 is 30.9 Å². The molecule has 0 aliphatic heterocycles. The van der Waals surface area contributed by atoms with Crippen LogP contribution in [0.3, 0.4) is 0 Å². The molecule has 0 amide bonds. The molecule has 3 nitrogen and oxygen atoms in total. The Morgan fingerprint density at radius 1 is 1.04 bits per heavy atom. The molecule has 2 heterocycles. The standard InChI is InChI=1S/C15H8ClF6N3/c1-25-11-4-8(14(17,18)19)9(16)5-10(11)24-13(25)7-2-3-12(23-6-7)15(20,21)22/h2-6H,1H3/p+1. The van der Waals surface area contributed by atoms with Crippen molar-refractivity contribution in [2.24, 2.45) is 7.05 Å². The van der Waals surface area contributed by atoms with Gasteiger partial charge in [0.05, 0.1) is 23.2 Å². The Morgan fingerprint density at radius 3 is 2.24 bits per heavy atom. The van der Waals surface area contributed by atoms with Gasteiger partial charge in [-0.1, -0.05) is 11.6 Å². The van der Waals surface area contributed by atoms with Gasteiger partial charge in [-0.05, 0) is 12.1 Å². The lowest BCUT2D eigenvalue weighted by Gasteiger charge is -2.07. The summed E-state index contributed by atoms with van der Waals surface area (Å²) in [6, 6.07) is 4.00. The molecule has 25 heavy (non-hydrogen) atoms. The van der Waals surface area contributed by atoms with Crippen LogP contribution in [0, 0.1) is 0 Å². The molecular weight excluding hydrogens is 372 g/mol. The van der Waals surface area contributed by atoms with Crippen LogP contribution in [0.15, 0.2) is 30.5 Å². The summed E-state index contributed by atoms with van der Waals surface area (Å²) in [7, 11) is 1.49. The summed E-state index contributed by atoms with van der Waals surface area (Å²) >= 11 is 5.68. The smallest absolute Gasteiger partial charge is 0.251 e. The minimum Gasteiger partial charge on any atom is -0.251 e. The zero-order valence-corrected chi connectivity index (χ0v) is 13.2. The number of aromatic nitrogens is 3. The molecular formula is C15H9ClF6N3+. The molecule has 2 aromatic heterocycles. The average Bonchev–Trinajstić information content (AvgIpc) is 2.81. The first-order valence-corrected chi connectivity index (χ1v) is 7.18. The number of fused-ring (bicyclic) bond motifs is 1. The second-order valence-electron chi connectivity index (χ2n) is 5.31. The molecule has 10 heteroatoms. The third kappa shape index (κ3) is 3.15. The van der Waals surface area contributed by atoms with Gasteiger partial charge in [0.25, 0.3) is 5.82 Å². The van der Waals surface area contributed by atoms with Gasteiger partial charge in [-0.25, -0.2) is 9.55 Å². The van der Waals surface area contributed by atoms with Crippen molar-refractivity contribution in [3.05, 3.63) is 46.7 Å². The quantitative estimate of drug-likeness (QED) is 0.480. The normalized spacial score (nSPS) is 12.8. The number of alkyl halides is 6. The van der Waals surface area contributed by atoms with Crippen molar-refractivity contribution in [2.45, 2.75) is 12.4 Å². The first-order chi connectivity index (χ1) is 11.5. The summed E-state index contributed by atoms with van der Waals surface area (Å²) in [4.78, 5) is 6.20. The number of imidazole rings is 1. The van der Waals surface area contributed by atoms with Crippen LogP contribution in [0.5, 0.6) is 0 Å². The maximum atomic E-state index is 13.0. The zero-order valence-electron chi connectivity index (χ0n) is 12.4. The van der Waals surface area contributed by atoms with Crippen molar-refractivity contribution in [3.63, 3.8) is 0 Å². The molecule has 1 N–H and O–H groups in total. The number of hydrogen-bond acceptors (Lipinski definition) is 1. The minimum atomic E-state index is -4.62. The summed E-state index contributed by atoms with van der Waals surface area (Å²) in [5.74, 6) is 0.298. The first kappa shape index (κ1) is 17.5. The monoisotopic (exact) mass is 380 g/mol. The van der Waals surface area contributed by atoms with E-state index < -0.39 is 28.6 Å². The van der Waals surface area contributed by atoms with Gasteiger partial charge in [-0.2, -0.15) is 26.3 Å². The van der Waals surface area contributed by atoms with E-state index in [2.05, 4.69) is 9.97 Å². The van der Waals surface area contributed by atoms with Crippen LogP contribution in [0.25, 0.3) is 22.4 Å². The van der Waals surface area contributed by atoms with Crippen LogP contribution >= 0.6 is 11.6 Å². The number of H-pyrrole nitrogens is 1. The summed E-state index contributed by atoms with van der Waals surface area (Å²) in [5, 5.41) is -0.473. The van der Waals surface area contributed by atoms with Gasteiger partial charge in [0, 0.05) is 18.3 Å². The van der Waals surface area contributed by atoms with E-state index in [1.807, 2.05) is 0 Å². The highest BCUT2D eigenvalue weighted by molar-refractivity contribution is 6.32. The van der Waals surface area contributed by atoms with E-state index in [1.54, 1.807) is 0 Å². The van der Waals surface area contributed by atoms with E-state index in [0.717, 1.165) is 24.4 Å². The third-order valence-corrected chi connectivity index (χ3v) is 3.98. The molecule has 0 atom stereocenters. The highest BCUT2D eigenvalue weighted by Gasteiger charge is 2.35. The Morgan fingerprint density at radius 2 is 1.72 bits per heavy atom. The Labute approximate surface area is 141 Å². The lowest BCUT2D eigenvalue weighted by molar-refractivity contribution is -0.633. The number of nitrogens with one attached hydrogen (secondary N) is 1. The molecule has 0 aliphatic rings. The van der Waals surface area contributed by atoms with Gasteiger partial charge in [-0.3, -0.25) is 4.98 Å². The fourth-order valence-corrected chi connectivity index (χ4v) is 2.73. The molecule has 0 saturated heterocycles. The van der Waals surface area contributed by atoms with E-state index in [4.69, 9.17) is 11.6 Å². The van der Waals surface area contributed by atoms with Crippen molar-refractivity contribution in [2.75, 3.05) is 0 Å². The van der Waals surface area contributed by atoms with Crippen molar-refractivity contribution >= 4 is 22.6 Å². The maximum absolute atomic E-state index is 13.0. The highest BCUT2D eigenvalue weighted by atomic mass is 35.5. The molecule has 0 bridgehead atoms. The maximum Gasteiger partial charge on any atom is 0.433 e. The summed E-state index contributed by atoms with van der Waals surface area (Å²) in [6.45, 7) is 0. The molecule has 0 radical (unpaired) electrons. The number of aromatic amines is 1. The van der Waals surface area contributed by atoms with Crippen LogP contribution in [-0.4, -0.2) is 9.97 Å². The van der Waals surface area contributed by atoms with E-state index in [1.165, 1.54) is 17.7 Å². The molecule has 1 aromatic carbocycles. The second-order valence-corrected chi connectivity index (χ2v) is 5.72. The molecule has 0 aliphatic carbocycles. The SMILES string of the molecule is C[n+]1c(-c2ccc(C(F)(F)F)nc2)[nH]c2cc(Cl)c(C(F)(F)F)cc21. The summed E-state index contributed by atoms with van der Waals surface area (Å²) < 4.78 is 78.0. The van der Waals surface area contributed by atoms with Crippen LogP contribution in [-0.2, 0) is 19.4 Å². The van der Waals surface area contributed by atoms with Crippen molar-refractivity contribution in [1.29, 1.82) is 0 Å². The summed E-state index contributed by atoms with van der Waals surface area (Å²) in [5.41, 5.74) is -1.25. The number of aryl methyl sites for hydroxylation is 1. The lowest BCUT2D eigenvalue weighted by Crippen LogP contribution is -2.29. The molecule has 3 aromatic rings.